The van der Waals surface area contributed by atoms with Gasteiger partial charge in [-0.3, -0.25) is 0 Å². The average molecular weight is 233 g/mol. The van der Waals surface area contributed by atoms with Gasteiger partial charge in [-0.05, 0) is 0 Å². The normalized spacial score (nSPS) is 7.50. The molecule has 0 atom stereocenters. The van der Waals surface area contributed by atoms with Gasteiger partial charge in [0.05, 0.1) is 0 Å². The third kappa shape index (κ3) is 4.52. The first-order chi connectivity index (χ1) is 3.79. The molecule has 0 radical (unpaired) electrons. The van der Waals surface area contributed by atoms with E-state index < -0.39 is 0 Å². The number of halogens is 2. The van der Waals surface area contributed by atoms with Crippen LogP contribution in [-0.4, -0.2) is 21.7 Å². The molecule has 0 spiro atoms. The van der Waals surface area contributed by atoms with Gasteiger partial charge in [-0.1, -0.05) is 0 Å². The summed E-state index contributed by atoms with van der Waals surface area (Å²) in [6.45, 7) is 0. The third-order valence-electron chi connectivity index (χ3n) is 0.913. The summed E-state index contributed by atoms with van der Waals surface area (Å²) in [6, 6.07) is 7.79. The fraction of sp³-hybridized carbons (Fsp3) is 0. The average Bonchev–Trinajstić information content (AvgIpc) is 1.77. The second-order valence-electron chi connectivity index (χ2n) is 1.63. The molecule has 0 aliphatic carbocycles. The quantitative estimate of drug-likeness (QED) is 0.532. The molecule has 3 N–H and O–H groups in total. The molecule has 0 saturated carbocycles. The summed E-state index contributed by atoms with van der Waals surface area (Å²) in [5.74, 6) is 0. The molecule has 0 amide bonds. The van der Waals surface area contributed by atoms with Crippen molar-refractivity contribution in [1.29, 1.82) is 0 Å². The molecule has 0 aromatic heterocycles. The molecule has 0 fully saturated rings. The summed E-state index contributed by atoms with van der Waals surface area (Å²) in [7, 11) is 0. The van der Waals surface area contributed by atoms with Crippen molar-refractivity contribution in [1.82, 2.24) is 6.15 Å². The molecule has 1 aromatic rings. The van der Waals surface area contributed by atoms with Crippen molar-refractivity contribution >= 4 is 37.0 Å². The zero-order valence-electron chi connectivity index (χ0n) is 5.48. The predicted octanol–water partition coefficient (Wildman–Crippen LogP) is -1.70. The predicted molar refractivity (Wildman–Crippen MR) is 41.9 cm³/mol. The Balaban J connectivity index is 0. The van der Waals surface area contributed by atoms with Crippen LogP contribution >= 0.6 is 11.6 Å². The minimum atomic E-state index is 0. The van der Waals surface area contributed by atoms with E-state index in [0.717, 1.165) is 5.02 Å². The van der Waals surface area contributed by atoms with Crippen LogP contribution in [0.3, 0.4) is 0 Å². The van der Waals surface area contributed by atoms with Crippen LogP contribution in [0.1, 0.15) is 0 Å². The Bertz CT molecular complexity index is 157. The molecule has 1 rings (SSSR count). The van der Waals surface area contributed by atoms with Gasteiger partial charge in [0.2, 0.25) is 0 Å². The number of rotatable bonds is 0. The van der Waals surface area contributed by atoms with E-state index in [0.29, 0.717) is 0 Å². The Morgan fingerprint density at radius 3 is 1.80 bits per heavy atom. The summed E-state index contributed by atoms with van der Waals surface area (Å²) >= 11 is 7.47. The van der Waals surface area contributed by atoms with Crippen molar-refractivity contribution in [3.05, 3.63) is 29.3 Å². The molecule has 0 aliphatic heterocycles. The van der Waals surface area contributed by atoms with Crippen LogP contribution in [-0.2, 0) is 0 Å². The van der Waals surface area contributed by atoms with E-state index in [2.05, 4.69) is 0 Å². The fourth-order valence-corrected chi connectivity index (χ4v) is 0.846. The first-order valence-electron chi connectivity index (χ1n) is 2.36. The molecule has 1 aromatic carbocycles. The van der Waals surface area contributed by atoms with Gasteiger partial charge in [-0.2, -0.15) is 0 Å². The number of benzene rings is 1. The molecule has 0 unspecified atom stereocenters. The van der Waals surface area contributed by atoms with E-state index in [1.54, 1.807) is 0 Å². The Morgan fingerprint density at radius 2 is 1.50 bits per heavy atom. The zero-order valence-corrected chi connectivity index (χ0v) is 9.24. The second-order valence-corrected chi connectivity index (χ2v) is 2.88. The Hall–Kier alpha value is 0.716. The van der Waals surface area contributed by atoms with Crippen molar-refractivity contribution in [2.75, 3.05) is 0 Å². The Labute approximate surface area is 88.9 Å². The molecule has 52 valence electrons. The first-order valence-corrected chi connectivity index (χ1v) is 3.45. The van der Waals surface area contributed by atoms with Gasteiger partial charge in [0.15, 0.2) is 0 Å². The summed E-state index contributed by atoms with van der Waals surface area (Å²) in [5, 5.41) is 0.806. The molecule has 0 bridgehead atoms. The van der Waals surface area contributed by atoms with E-state index >= 15 is 0 Å². The summed E-state index contributed by atoms with van der Waals surface area (Å²) in [6.07, 6.45) is 0. The number of hydrogen-bond acceptors (Lipinski definition) is 1. The van der Waals surface area contributed by atoms with Gasteiger partial charge in [0, 0.05) is 0 Å². The van der Waals surface area contributed by atoms with E-state index in [-0.39, 0.29) is 23.1 Å². The van der Waals surface area contributed by atoms with Crippen molar-refractivity contribution in [3.63, 3.8) is 0 Å². The van der Waals surface area contributed by atoms with Crippen LogP contribution in [0.15, 0.2) is 24.3 Å². The molecule has 0 saturated heterocycles. The summed E-state index contributed by atoms with van der Waals surface area (Å²) < 4.78 is 1.27. The molecule has 0 aliphatic rings. The third-order valence-corrected chi connectivity index (χ3v) is 1.64. The Morgan fingerprint density at radius 1 is 1.10 bits per heavy atom. The van der Waals surface area contributed by atoms with Crippen LogP contribution in [0.25, 0.3) is 0 Å². The van der Waals surface area contributed by atoms with E-state index in [1.807, 2.05) is 46.0 Å². The van der Waals surface area contributed by atoms with E-state index in [4.69, 9.17) is 11.6 Å². The molecule has 0 heterocycles. The molecule has 10 heavy (non-hydrogen) atoms. The molecular formula is C6H7BrClMgN. The van der Waals surface area contributed by atoms with Gasteiger partial charge >= 0.3 is 66.3 Å². The summed E-state index contributed by atoms with van der Waals surface area (Å²) in [5.41, 5.74) is 0. The number of hydrogen-bond donors (Lipinski definition) is 1. The SMILES string of the molecule is N.[Br-].[Mg+][c]1ccc(Cl)cc1. The minimum absolute atomic E-state index is 0. The molecule has 1 nitrogen and oxygen atoms in total. The van der Waals surface area contributed by atoms with Crippen molar-refractivity contribution in [3.8, 4) is 0 Å². The second kappa shape index (κ2) is 6.43. The maximum atomic E-state index is 5.61. The van der Waals surface area contributed by atoms with Crippen LogP contribution in [0.2, 0.25) is 5.02 Å². The van der Waals surface area contributed by atoms with Crippen molar-refractivity contribution in [2.45, 2.75) is 0 Å². The van der Waals surface area contributed by atoms with Gasteiger partial charge < -0.3 is 23.1 Å². The Kier molecular flexibility index (Phi) is 8.56. The van der Waals surface area contributed by atoms with Crippen LogP contribution in [0, 0.1) is 0 Å². The van der Waals surface area contributed by atoms with Crippen molar-refractivity contribution < 1.29 is 17.0 Å². The topological polar surface area (TPSA) is 35.0 Å². The van der Waals surface area contributed by atoms with Crippen molar-refractivity contribution in [2.24, 2.45) is 0 Å². The van der Waals surface area contributed by atoms with Crippen LogP contribution < -0.4 is 26.8 Å². The van der Waals surface area contributed by atoms with Gasteiger partial charge in [-0.15, -0.1) is 0 Å². The van der Waals surface area contributed by atoms with Crippen LogP contribution in [0.5, 0.6) is 0 Å². The maximum absolute atomic E-state index is 5.61. The van der Waals surface area contributed by atoms with Gasteiger partial charge in [0.25, 0.3) is 0 Å². The molecule has 4 heteroatoms. The van der Waals surface area contributed by atoms with E-state index in [9.17, 15) is 0 Å². The van der Waals surface area contributed by atoms with Crippen LogP contribution in [0.4, 0.5) is 0 Å². The molecular weight excluding hydrogens is 226 g/mol. The first kappa shape index (κ1) is 13.3. The summed E-state index contributed by atoms with van der Waals surface area (Å²) in [4.78, 5) is 0. The van der Waals surface area contributed by atoms with Gasteiger partial charge in [0.1, 0.15) is 0 Å². The monoisotopic (exact) mass is 231 g/mol. The fourth-order valence-electron chi connectivity index (χ4n) is 0.484. The zero-order chi connectivity index (χ0) is 5.98. The standard InChI is InChI=1S/C6H4Cl.BrH.Mg.H3N/c7-6-4-2-1-3-5-6;;;/h2-5H;1H;;1H3/q;;+1;/p-1. The van der Waals surface area contributed by atoms with E-state index in [1.165, 1.54) is 3.69 Å². The van der Waals surface area contributed by atoms with Gasteiger partial charge in [-0.25, -0.2) is 0 Å².